The molecule has 0 bridgehead atoms. The highest BCUT2D eigenvalue weighted by atomic mass is 32.2. The third-order valence-corrected chi connectivity index (χ3v) is 4.83. The predicted octanol–water partition coefficient (Wildman–Crippen LogP) is 0.892. The highest BCUT2D eigenvalue weighted by Gasteiger charge is 2.28. The predicted molar refractivity (Wildman–Crippen MR) is 73.4 cm³/mol. The third kappa shape index (κ3) is 4.57. The first-order chi connectivity index (χ1) is 9.38. The van der Waals surface area contributed by atoms with Crippen molar-refractivity contribution < 1.29 is 22.3 Å². The lowest BCUT2D eigenvalue weighted by atomic mass is 10.2. The molecule has 0 aliphatic rings. The molecule has 112 valence electrons. The number of hydrogen-bond donors (Lipinski definition) is 1. The van der Waals surface area contributed by atoms with E-state index in [1.165, 1.54) is 32.2 Å². The lowest BCUT2D eigenvalue weighted by Gasteiger charge is -2.13. The van der Waals surface area contributed by atoms with E-state index in [4.69, 9.17) is 4.74 Å². The standard InChI is InChI=1S/C13H18FNO4S/c1-10(13(16)15-7-8-19-2)20(17,18)9-11-5-3-4-6-12(11)14/h3-6,10H,7-9H2,1-2H3,(H,15,16)/t10-/m1/s1. The summed E-state index contributed by atoms with van der Waals surface area (Å²) in [6.07, 6.45) is 0. The average molecular weight is 303 g/mol. The van der Waals surface area contributed by atoms with Gasteiger partial charge in [0.05, 0.1) is 12.4 Å². The van der Waals surface area contributed by atoms with E-state index < -0.39 is 32.6 Å². The van der Waals surface area contributed by atoms with Crippen LogP contribution in [0, 0.1) is 5.82 Å². The molecular weight excluding hydrogens is 285 g/mol. The van der Waals surface area contributed by atoms with Crippen LogP contribution in [0.1, 0.15) is 12.5 Å². The summed E-state index contributed by atoms with van der Waals surface area (Å²) in [4.78, 5) is 11.7. The molecule has 0 saturated carbocycles. The Morgan fingerprint density at radius 2 is 2.05 bits per heavy atom. The van der Waals surface area contributed by atoms with E-state index in [1.807, 2.05) is 0 Å². The largest absolute Gasteiger partial charge is 0.383 e. The molecule has 1 rings (SSSR count). The van der Waals surface area contributed by atoms with Crippen molar-refractivity contribution in [1.82, 2.24) is 5.32 Å². The zero-order valence-corrected chi connectivity index (χ0v) is 12.2. The lowest BCUT2D eigenvalue weighted by molar-refractivity contribution is -0.120. The Kier molecular flexibility index (Phi) is 6.09. The monoisotopic (exact) mass is 303 g/mol. The fraction of sp³-hybridized carbons (Fsp3) is 0.462. The number of hydrogen-bond acceptors (Lipinski definition) is 4. The molecule has 1 aromatic carbocycles. The fourth-order valence-electron chi connectivity index (χ4n) is 1.54. The van der Waals surface area contributed by atoms with Gasteiger partial charge in [0.15, 0.2) is 9.84 Å². The van der Waals surface area contributed by atoms with Crippen LogP contribution in [0.15, 0.2) is 24.3 Å². The van der Waals surface area contributed by atoms with Gasteiger partial charge in [-0.15, -0.1) is 0 Å². The van der Waals surface area contributed by atoms with Crippen LogP contribution in [0.2, 0.25) is 0 Å². The van der Waals surface area contributed by atoms with E-state index in [1.54, 1.807) is 6.07 Å². The number of benzene rings is 1. The molecule has 1 N–H and O–H groups in total. The minimum atomic E-state index is -3.77. The van der Waals surface area contributed by atoms with Crippen molar-refractivity contribution in [2.24, 2.45) is 0 Å². The Morgan fingerprint density at radius 3 is 2.65 bits per heavy atom. The molecule has 0 aliphatic carbocycles. The quantitative estimate of drug-likeness (QED) is 0.759. The van der Waals surface area contributed by atoms with Gasteiger partial charge in [0.25, 0.3) is 0 Å². The lowest BCUT2D eigenvalue weighted by Crippen LogP contribution is -2.39. The topological polar surface area (TPSA) is 72.5 Å². The molecule has 0 spiro atoms. The van der Waals surface area contributed by atoms with Crippen LogP contribution < -0.4 is 5.32 Å². The first kappa shape index (κ1) is 16.6. The number of amides is 1. The smallest absolute Gasteiger partial charge is 0.238 e. The Morgan fingerprint density at radius 1 is 1.40 bits per heavy atom. The minimum absolute atomic E-state index is 0.0593. The molecular formula is C13H18FNO4S. The molecule has 1 aromatic rings. The molecule has 1 atom stereocenters. The van der Waals surface area contributed by atoms with Crippen LogP contribution in [0.25, 0.3) is 0 Å². The van der Waals surface area contributed by atoms with Crippen LogP contribution in [0.4, 0.5) is 4.39 Å². The zero-order chi connectivity index (χ0) is 15.2. The van der Waals surface area contributed by atoms with Gasteiger partial charge in [0, 0.05) is 19.2 Å². The van der Waals surface area contributed by atoms with E-state index in [2.05, 4.69) is 5.32 Å². The molecule has 5 nitrogen and oxygen atoms in total. The van der Waals surface area contributed by atoms with Gasteiger partial charge in [0.2, 0.25) is 5.91 Å². The van der Waals surface area contributed by atoms with Gasteiger partial charge in [-0.3, -0.25) is 4.79 Å². The first-order valence-electron chi connectivity index (χ1n) is 6.10. The summed E-state index contributed by atoms with van der Waals surface area (Å²) >= 11 is 0. The van der Waals surface area contributed by atoms with Crippen molar-refractivity contribution in [3.8, 4) is 0 Å². The van der Waals surface area contributed by atoms with Gasteiger partial charge in [-0.05, 0) is 13.0 Å². The Bertz CT molecular complexity index is 559. The zero-order valence-electron chi connectivity index (χ0n) is 11.4. The number of ether oxygens (including phenoxy) is 1. The Labute approximate surface area is 118 Å². The maximum atomic E-state index is 13.5. The van der Waals surface area contributed by atoms with E-state index in [0.717, 1.165) is 0 Å². The summed E-state index contributed by atoms with van der Waals surface area (Å²) in [6, 6.07) is 5.61. The second-order valence-corrected chi connectivity index (χ2v) is 6.65. The molecule has 0 fully saturated rings. The number of nitrogens with one attached hydrogen (secondary N) is 1. The van der Waals surface area contributed by atoms with Gasteiger partial charge in [0.1, 0.15) is 11.1 Å². The first-order valence-corrected chi connectivity index (χ1v) is 7.81. The maximum Gasteiger partial charge on any atom is 0.238 e. The number of halogens is 1. The molecule has 7 heteroatoms. The summed E-state index contributed by atoms with van der Waals surface area (Å²) in [7, 11) is -2.29. The van der Waals surface area contributed by atoms with E-state index in [-0.39, 0.29) is 12.1 Å². The Balaban J connectivity index is 2.73. The molecule has 20 heavy (non-hydrogen) atoms. The summed E-state index contributed by atoms with van der Waals surface area (Å²) < 4.78 is 42.3. The van der Waals surface area contributed by atoms with E-state index in [9.17, 15) is 17.6 Å². The SMILES string of the molecule is COCCNC(=O)[C@@H](C)S(=O)(=O)Cc1ccccc1F. The van der Waals surface area contributed by atoms with Crippen LogP contribution in [-0.2, 0) is 25.1 Å². The van der Waals surface area contributed by atoms with Crippen molar-refractivity contribution in [2.75, 3.05) is 20.3 Å². The average Bonchev–Trinajstić information content (AvgIpc) is 2.40. The van der Waals surface area contributed by atoms with Gasteiger partial charge in [-0.1, -0.05) is 18.2 Å². The van der Waals surface area contributed by atoms with Crippen molar-refractivity contribution in [3.63, 3.8) is 0 Å². The molecule has 0 unspecified atom stereocenters. The number of methoxy groups -OCH3 is 1. The van der Waals surface area contributed by atoms with Crippen LogP contribution in [-0.4, -0.2) is 39.8 Å². The molecule has 0 radical (unpaired) electrons. The molecule has 0 saturated heterocycles. The maximum absolute atomic E-state index is 13.5. The highest BCUT2D eigenvalue weighted by molar-refractivity contribution is 7.92. The highest BCUT2D eigenvalue weighted by Crippen LogP contribution is 2.14. The second-order valence-electron chi connectivity index (χ2n) is 4.32. The number of sulfone groups is 1. The summed E-state index contributed by atoms with van der Waals surface area (Å²) in [5, 5.41) is 1.22. The molecule has 0 aromatic heterocycles. The van der Waals surface area contributed by atoms with Gasteiger partial charge in [-0.25, -0.2) is 12.8 Å². The van der Waals surface area contributed by atoms with E-state index in [0.29, 0.717) is 6.61 Å². The second kappa shape index (κ2) is 7.35. The Hall–Kier alpha value is -1.47. The van der Waals surface area contributed by atoms with Crippen molar-refractivity contribution in [1.29, 1.82) is 0 Å². The number of rotatable bonds is 7. The van der Waals surface area contributed by atoms with Crippen molar-refractivity contribution in [2.45, 2.75) is 17.9 Å². The summed E-state index contributed by atoms with van der Waals surface area (Å²) in [5.41, 5.74) is 0.0593. The number of carbonyl (C=O) groups excluding carboxylic acids is 1. The third-order valence-electron chi connectivity index (χ3n) is 2.83. The molecule has 0 aliphatic heterocycles. The fourth-order valence-corrected chi connectivity index (χ4v) is 2.87. The number of carbonyl (C=O) groups is 1. The summed E-state index contributed by atoms with van der Waals surface area (Å²) in [6.45, 7) is 1.82. The van der Waals surface area contributed by atoms with Crippen molar-refractivity contribution >= 4 is 15.7 Å². The molecule has 1 amide bonds. The van der Waals surface area contributed by atoms with Gasteiger partial charge < -0.3 is 10.1 Å². The van der Waals surface area contributed by atoms with Gasteiger partial charge in [-0.2, -0.15) is 0 Å². The van der Waals surface area contributed by atoms with Crippen LogP contribution in [0.5, 0.6) is 0 Å². The normalized spacial score (nSPS) is 12.9. The summed E-state index contributed by atoms with van der Waals surface area (Å²) in [5.74, 6) is -1.71. The van der Waals surface area contributed by atoms with Crippen LogP contribution in [0.3, 0.4) is 0 Å². The molecule has 0 heterocycles. The minimum Gasteiger partial charge on any atom is -0.383 e. The van der Waals surface area contributed by atoms with E-state index >= 15 is 0 Å². The van der Waals surface area contributed by atoms with Crippen molar-refractivity contribution in [3.05, 3.63) is 35.6 Å². The van der Waals surface area contributed by atoms with Crippen LogP contribution >= 0.6 is 0 Å². The van der Waals surface area contributed by atoms with Gasteiger partial charge >= 0.3 is 0 Å².